The highest BCUT2D eigenvalue weighted by atomic mass is 35.5. The van der Waals surface area contributed by atoms with Crippen LogP contribution in [0.1, 0.15) is 12.5 Å². The molecule has 0 amide bonds. The van der Waals surface area contributed by atoms with E-state index < -0.39 is 12.1 Å². The Labute approximate surface area is 98.9 Å². The second kappa shape index (κ2) is 5.66. The highest BCUT2D eigenvalue weighted by molar-refractivity contribution is 6.34. The van der Waals surface area contributed by atoms with Crippen molar-refractivity contribution in [3.63, 3.8) is 0 Å². The molecule has 0 bridgehead atoms. The fourth-order valence-electron chi connectivity index (χ4n) is 1.04. The minimum absolute atomic E-state index is 0.266. The van der Waals surface area contributed by atoms with Crippen molar-refractivity contribution in [2.45, 2.75) is 19.1 Å². The number of hydrogen-bond donors (Lipinski definition) is 3. The largest absolute Gasteiger partial charge is 0.392 e. The molecule has 86 valence electrons. The lowest BCUT2D eigenvalue weighted by molar-refractivity contribution is 0.168. The first-order chi connectivity index (χ1) is 7.56. The van der Waals surface area contributed by atoms with Gasteiger partial charge in [0.2, 0.25) is 0 Å². The number of nitrogens with one attached hydrogen (secondary N) is 1. The Morgan fingerprint density at radius 3 is 3.00 bits per heavy atom. The van der Waals surface area contributed by atoms with E-state index in [2.05, 4.69) is 10.3 Å². The van der Waals surface area contributed by atoms with Crippen LogP contribution in [-0.2, 0) is 0 Å². The van der Waals surface area contributed by atoms with Crippen LogP contribution >= 0.6 is 11.6 Å². The summed E-state index contributed by atoms with van der Waals surface area (Å²) in [6.07, 6.45) is 0.867. The normalized spacial score (nSPS) is 13.9. The van der Waals surface area contributed by atoms with E-state index in [0.717, 1.165) is 0 Å². The number of halogens is 1. The van der Waals surface area contributed by atoms with E-state index in [1.165, 1.54) is 12.3 Å². The Morgan fingerprint density at radius 2 is 2.44 bits per heavy atom. The molecule has 1 aromatic heterocycles. The van der Waals surface area contributed by atoms with E-state index in [9.17, 15) is 5.11 Å². The molecule has 6 heteroatoms. The number of rotatable bonds is 4. The summed E-state index contributed by atoms with van der Waals surface area (Å²) in [6.45, 7) is 1.94. The fraction of sp³-hybridized carbons (Fsp3) is 0.400. The second-order valence-electron chi connectivity index (χ2n) is 3.42. The molecule has 2 atom stereocenters. The molecule has 2 unspecified atom stereocenters. The zero-order valence-corrected chi connectivity index (χ0v) is 9.57. The number of aliphatic hydroxyl groups excluding tert-OH is 1. The summed E-state index contributed by atoms with van der Waals surface area (Å²) in [4.78, 5) is 3.99. The van der Waals surface area contributed by atoms with Gasteiger partial charge in [-0.05, 0) is 13.0 Å². The maximum atomic E-state index is 9.20. The van der Waals surface area contributed by atoms with Crippen molar-refractivity contribution >= 4 is 17.4 Å². The lowest BCUT2D eigenvalue weighted by Crippen LogP contribution is -2.38. The van der Waals surface area contributed by atoms with Gasteiger partial charge in [-0.1, -0.05) is 11.6 Å². The van der Waals surface area contributed by atoms with Gasteiger partial charge in [-0.25, -0.2) is 4.98 Å². The maximum Gasteiger partial charge on any atom is 0.146 e. The molecule has 0 fully saturated rings. The summed E-state index contributed by atoms with van der Waals surface area (Å²) in [5, 5.41) is 21.1. The Hall–Kier alpha value is -1.35. The summed E-state index contributed by atoms with van der Waals surface area (Å²) < 4.78 is 0. The van der Waals surface area contributed by atoms with Crippen molar-refractivity contribution in [3.8, 4) is 6.07 Å². The molecule has 5 nitrogen and oxygen atoms in total. The topological polar surface area (TPSA) is 95.0 Å². The second-order valence-corrected chi connectivity index (χ2v) is 3.80. The number of pyridine rings is 1. The molecule has 0 radical (unpaired) electrons. The van der Waals surface area contributed by atoms with Gasteiger partial charge in [0.05, 0.1) is 11.7 Å². The third kappa shape index (κ3) is 3.07. The van der Waals surface area contributed by atoms with E-state index in [-0.39, 0.29) is 5.02 Å². The summed E-state index contributed by atoms with van der Waals surface area (Å²) in [5.41, 5.74) is 5.99. The van der Waals surface area contributed by atoms with E-state index >= 15 is 0 Å². The molecule has 0 spiro atoms. The monoisotopic (exact) mass is 240 g/mol. The van der Waals surface area contributed by atoms with Crippen LogP contribution in [0.5, 0.6) is 0 Å². The van der Waals surface area contributed by atoms with Gasteiger partial charge in [-0.3, -0.25) is 0 Å². The van der Waals surface area contributed by atoms with Crippen LogP contribution < -0.4 is 11.1 Å². The van der Waals surface area contributed by atoms with Crippen LogP contribution in [0.25, 0.3) is 0 Å². The third-order valence-corrected chi connectivity index (χ3v) is 2.52. The van der Waals surface area contributed by atoms with E-state index in [1.807, 2.05) is 6.07 Å². The van der Waals surface area contributed by atoms with Gasteiger partial charge < -0.3 is 16.2 Å². The Morgan fingerprint density at radius 1 is 1.75 bits per heavy atom. The number of nitriles is 1. The average Bonchev–Trinajstić information content (AvgIpc) is 2.27. The number of anilines is 1. The molecule has 0 saturated carbocycles. The molecule has 1 aromatic rings. The van der Waals surface area contributed by atoms with Crippen molar-refractivity contribution in [1.82, 2.24) is 4.98 Å². The number of aliphatic hydroxyl groups is 1. The van der Waals surface area contributed by atoms with Crippen LogP contribution in [0.15, 0.2) is 12.3 Å². The molecule has 16 heavy (non-hydrogen) atoms. The van der Waals surface area contributed by atoms with E-state index in [0.29, 0.717) is 17.9 Å². The minimum atomic E-state index is -0.620. The summed E-state index contributed by atoms with van der Waals surface area (Å²) in [7, 11) is 0. The predicted octanol–water partition coefficient (Wildman–Crippen LogP) is 0.727. The molecule has 4 N–H and O–H groups in total. The Bertz CT molecular complexity index is 402. The quantitative estimate of drug-likeness (QED) is 0.721. The van der Waals surface area contributed by atoms with Gasteiger partial charge in [0.15, 0.2) is 0 Å². The highest BCUT2D eigenvalue weighted by Gasteiger charge is 2.11. The zero-order valence-electron chi connectivity index (χ0n) is 8.81. The first kappa shape index (κ1) is 12.7. The lowest BCUT2D eigenvalue weighted by Gasteiger charge is -2.16. The van der Waals surface area contributed by atoms with Crippen LogP contribution in [0.3, 0.4) is 0 Å². The van der Waals surface area contributed by atoms with Crippen molar-refractivity contribution in [1.29, 1.82) is 5.26 Å². The first-order valence-corrected chi connectivity index (χ1v) is 5.16. The summed E-state index contributed by atoms with van der Waals surface area (Å²) >= 11 is 5.92. The lowest BCUT2D eigenvalue weighted by atomic mass is 10.2. The number of aromatic nitrogens is 1. The fourth-order valence-corrected chi connectivity index (χ4v) is 1.26. The summed E-state index contributed by atoms with van der Waals surface area (Å²) in [6, 6.07) is 3.07. The van der Waals surface area contributed by atoms with E-state index in [1.54, 1.807) is 6.92 Å². The van der Waals surface area contributed by atoms with Gasteiger partial charge in [0.25, 0.3) is 0 Å². The Balaban J connectivity index is 2.72. The van der Waals surface area contributed by atoms with Gasteiger partial charge in [-0.15, -0.1) is 0 Å². The average molecular weight is 241 g/mol. The highest BCUT2D eigenvalue weighted by Crippen LogP contribution is 2.22. The zero-order chi connectivity index (χ0) is 12.1. The smallest absolute Gasteiger partial charge is 0.146 e. The molecule has 0 saturated heterocycles. The van der Waals surface area contributed by atoms with Gasteiger partial charge in [0, 0.05) is 18.8 Å². The molecule has 0 aromatic carbocycles. The third-order valence-electron chi connectivity index (χ3n) is 2.13. The molecule has 0 aliphatic rings. The van der Waals surface area contributed by atoms with Crippen LogP contribution in [0.4, 0.5) is 5.82 Å². The standard InChI is InChI=1S/C10H13ClN4O/c1-6(16)8(13)5-15-10-9(11)7(4-12)2-3-14-10/h2-3,6,8,16H,5,13H2,1H3,(H,14,15). The van der Waals surface area contributed by atoms with Crippen molar-refractivity contribution in [2.24, 2.45) is 5.73 Å². The van der Waals surface area contributed by atoms with Crippen molar-refractivity contribution in [2.75, 3.05) is 11.9 Å². The number of nitrogens with two attached hydrogens (primary N) is 1. The van der Waals surface area contributed by atoms with E-state index in [4.69, 9.17) is 22.6 Å². The first-order valence-electron chi connectivity index (χ1n) is 4.78. The number of nitrogens with zero attached hydrogens (tertiary/aromatic N) is 2. The van der Waals surface area contributed by atoms with Crippen LogP contribution in [0.2, 0.25) is 5.02 Å². The molecule has 1 heterocycles. The molecular formula is C10H13ClN4O. The molecule has 0 aliphatic heterocycles. The van der Waals surface area contributed by atoms with Crippen molar-refractivity contribution < 1.29 is 5.11 Å². The van der Waals surface area contributed by atoms with Gasteiger partial charge >= 0.3 is 0 Å². The van der Waals surface area contributed by atoms with Gasteiger partial charge in [0.1, 0.15) is 16.9 Å². The van der Waals surface area contributed by atoms with Crippen LogP contribution in [0, 0.1) is 11.3 Å². The van der Waals surface area contributed by atoms with Crippen LogP contribution in [-0.4, -0.2) is 28.8 Å². The predicted molar refractivity (Wildman–Crippen MR) is 62.1 cm³/mol. The summed E-state index contributed by atoms with van der Waals surface area (Å²) in [5.74, 6) is 0.400. The maximum absolute atomic E-state index is 9.20. The molecule has 1 rings (SSSR count). The minimum Gasteiger partial charge on any atom is -0.392 e. The van der Waals surface area contributed by atoms with Gasteiger partial charge in [-0.2, -0.15) is 5.26 Å². The Kier molecular flexibility index (Phi) is 4.50. The van der Waals surface area contributed by atoms with Crippen molar-refractivity contribution in [3.05, 3.63) is 22.8 Å². The SMILES string of the molecule is CC(O)C(N)CNc1nccc(C#N)c1Cl. The molecular weight excluding hydrogens is 228 g/mol. The number of hydrogen-bond acceptors (Lipinski definition) is 5. The molecule has 0 aliphatic carbocycles.